The highest BCUT2D eigenvalue weighted by atomic mass is 16.4. The Labute approximate surface area is 156 Å². The summed E-state index contributed by atoms with van der Waals surface area (Å²) >= 11 is 0. The minimum Gasteiger partial charge on any atom is -0.481 e. The second-order valence-corrected chi connectivity index (χ2v) is 7.07. The quantitative estimate of drug-likeness (QED) is 0.828. The van der Waals surface area contributed by atoms with Gasteiger partial charge in [-0.25, -0.2) is 0 Å². The number of hydrogen-bond acceptors (Lipinski definition) is 2. The Balaban J connectivity index is 1.75. The Hall–Kier alpha value is -2.39. The normalized spacial score (nSPS) is 18.7. The van der Waals surface area contributed by atoms with E-state index in [0.29, 0.717) is 6.54 Å². The molecule has 0 spiro atoms. The molecule has 26 heavy (non-hydrogen) atoms. The molecule has 0 unspecified atom stereocenters. The van der Waals surface area contributed by atoms with E-state index >= 15 is 0 Å². The molecule has 2 aromatic carbocycles. The maximum atomic E-state index is 11.3. The Morgan fingerprint density at radius 2 is 1.88 bits per heavy atom. The molecule has 0 aromatic heterocycles. The van der Waals surface area contributed by atoms with Crippen molar-refractivity contribution in [2.75, 3.05) is 19.6 Å². The number of piperidine rings is 1. The number of carboxylic acid groups (broad SMARTS) is 1. The zero-order valence-electron chi connectivity index (χ0n) is 15.4. The maximum absolute atomic E-state index is 11.3. The van der Waals surface area contributed by atoms with Crippen LogP contribution in [-0.4, -0.2) is 35.6 Å². The number of benzene rings is 2. The fraction of sp³-hybridized carbons (Fsp3) is 0.348. The largest absolute Gasteiger partial charge is 0.481 e. The predicted octanol–water partition coefficient (Wildman–Crippen LogP) is 4.61. The molecule has 3 nitrogen and oxygen atoms in total. The third-order valence-corrected chi connectivity index (χ3v) is 5.17. The minimum atomic E-state index is -0.657. The first-order chi connectivity index (χ1) is 12.6. The Bertz CT molecular complexity index is 767. The molecule has 2 aromatic rings. The van der Waals surface area contributed by atoms with Gasteiger partial charge in [-0.3, -0.25) is 4.79 Å². The highest BCUT2D eigenvalue weighted by Crippen LogP contribution is 2.27. The number of aryl methyl sites for hydroxylation is 1. The Morgan fingerprint density at radius 3 is 2.62 bits per heavy atom. The lowest BCUT2D eigenvalue weighted by molar-refractivity contribution is -0.143. The van der Waals surface area contributed by atoms with Crippen LogP contribution < -0.4 is 0 Å². The molecule has 0 saturated carbocycles. The van der Waals surface area contributed by atoms with Crippen LogP contribution in [0.25, 0.3) is 5.57 Å². The van der Waals surface area contributed by atoms with Crippen LogP contribution in [0.3, 0.4) is 0 Å². The van der Waals surface area contributed by atoms with Crippen molar-refractivity contribution in [3.8, 4) is 0 Å². The van der Waals surface area contributed by atoms with Crippen LogP contribution in [0, 0.1) is 12.8 Å². The number of nitrogens with zero attached hydrogens (tertiary/aromatic N) is 1. The van der Waals surface area contributed by atoms with Crippen molar-refractivity contribution >= 4 is 11.5 Å². The van der Waals surface area contributed by atoms with Gasteiger partial charge in [0.25, 0.3) is 0 Å². The van der Waals surface area contributed by atoms with Crippen molar-refractivity contribution < 1.29 is 9.90 Å². The van der Waals surface area contributed by atoms with Gasteiger partial charge in [-0.15, -0.1) is 0 Å². The number of hydrogen-bond donors (Lipinski definition) is 1. The smallest absolute Gasteiger partial charge is 0.307 e. The molecular weight excluding hydrogens is 322 g/mol. The molecule has 1 aliphatic heterocycles. The topological polar surface area (TPSA) is 40.5 Å². The van der Waals surface area contributed by atoms with Crippen molar-refractivity contribution in [1.82, 2.24) is 4.90 Å². The van der Waals surface area contributed by atoms with Gasteiger partial charge in [-0.2, -0.15) is 0 Å². The molecule has 136 valence electrons. The van der Waals surface area contributed by atoms with Gasteiger partial charge in [0.15, 0.2) is 0 Å². The number of rotatable bonds is 6. The van der Waals surface area contributed by atoms with Gasteiger partial charge in [0.1, 0.15) is 0 Å². The molecule has 0 amide bonds. The third kappa shape index (κ3) is 4.61. The maximum Gasteiger partial charge on any atom is 0.307 e. The zero-order valence-corrected chi connectivity index (χ0v) is 15.4. The summed E-state index contributed by atoms with van der Waals surface area (Å²) in [6.45, 7) is 4.73. The molecule has 0 radical (unpaired) electrons. The second kappa shape index (κ2) is 8.81. The van der Waals surface area contributed by atoms with Crippen molar-refractivity contribution in [3.05, 3.63) is 77.4 Å². The molecular formula is C23H27NO2. The van der Waals surface area contributed by atoms with Crippen LogP contribution >= 0.6 is 0 Å². The van der Waals surface area contributed by atoms with Crippen molar-refractivity contribution in [3.63, 3.8) is 0 Å². The summed E-state index contributed by atoms with van der Waals surface area (Å²) in [5, 5.41) is 9.26. The van der Waals surface area contributed by atoms with Crippen LogP contribution in [0.4, 0.5) is 0 Å². The molecule has 1 heterocycles. The third-order valence-electron chi connectivity index (χ3n) is 5.17. The predicted molar refractivity (Wildman–Crippen MR) is 106 cm³/mol. The number of carboxylic acids is 1. The first kappa shape index (κ1) is 18.4. The Kier molecular flexibility index (Phi) is 6.24. The van der Waals surface area contributed by atoms with Crippen LogP contribution in [0.15, 0.2) is 60.7 Å². The summed E-state index contributed by atoms with van der Waals surface area (Å²) in [6, 6.07) is 19.0. The second-order valence-electron chi connectivity index (χ2n) is 7.07. The monoisotopic (exact) mass is 349 g/mol. The lowest BCUT2D eigenvalue weighted by atomic mass is 9.93. The van der Waals surface area contributed by atoms with Crippen molar-refractivity contribution in [1.29, 1.82) is 0 Å². The van der Waals surface area contributed by atoms with Crippen molar-refractivity contribution in [2.24, 2.45) is 5.92 Å². The average Bonchev–Trinajstić information content (AvgIpc) is 2.67. The van der Waals surface area contributed by atoms with E-state index in [0.717, 1.165) is 32.4 Å². The van der Waals surface area contributed by atoms with Crippen molar-refractivity contribution in [2.45, 2.75) is 26.2 Å². The number of aliphatic carboxylic acids is 1. The fourth-order valence-corrected chi connectivity index (χ4v) is 3.73. The first-order valence-electron chi connectivity index (χ1n) is 9.42. The highest BCUT2D eigenvalue weighted by Gasteiger charge is 2.24. The molecule has 3 heteroatoms. The number of likely N-dealkylation sites (tertiary alicyclic amines) is 1. The molecule has 1 N–H and O–H groups in total. The van der Waals surface area contributed by atoms with E-state index in [1.807, 2.05) is 6.07 Å². The van der Waals surface area contributed by atoms with Crippen LogP contribution in [0.1, 0.15) is 36.0 Å². The van der Waals surface area contributed by atoms with E-state index in [1.54, 1.807) is 0 Å². The lowest BCUT2D eigenvalue weighted by Crippen LogP contribution is -2.39. The van der Waals surface area contributed by atoms with Gasteiger partial charge in [0.2, 0.25) is 0 Å². The summed E-state index contributed by atoms with van der Waals surface area (Å²) < 4.78 is 0. The van der Waals surface area contributed by atoms with E-state index in [2.05, 4.69) is 66.4 Å². The molecule has 1 fully saturated rings. The lowest BCUT2D eigenvalue weighted by Gasteiger charge is -2.30. The molecule has 3 rings (SSSR count). The summed E-state index contributed by atoms with van der Waals surface area (Å²) in [7, 11) is 0. The van der Waals surface area contributed by atoms with Crippen LogP contribution in [0.2, 0.25) is 0 Å². The van der Waals surface area contributed by atoms with E-state index in [-0.39, 0.29) is 5.92 Å². The van der Waals surface area contributed by atoms with E-state index in [4.69, 9.17) is 0 Å². The molecule has 0 aliphatic carbocycles. The van der Waals surface area contributed by atoms with Gasteiger partial charge in [-0.1, -0.05) is 60.7 Å². The van der Waals surface area contributed by atoms with Gasteiger partial charge >= 0.3 is 5.97 Å². The van der Waals surface area contributed by atoms with Gasteiger partial charge in [-0.05, 0) is 55.0 Å². The van der Waals surface area contributed by atoms with Crippen LogP contribution in [-0.2, 0) is 4.79 Å². The minimum absolute atomic E-state index is 0.210. The van der Waals surface area contributed by atoms with Gasteiger partial charge in [0.05, 0.1) is 5.92 Å². The summed E-state index contributed by atoms with van der Waals surface area (Å²) in [5.74, 6) is -0.868. The first-order valence-corrected chi connectivity index (χ1v) is 9.42. The summed E-state index contributed by atoms with van der Waals surface area (Å²) in [4.78, 5) is 13.5. The highest BCUT2D eigenvalue weighted by molar-refractivity contribution is 5.81. The molecule has 0 bridgehead atoms. The molecule has 1 atom stereocenters. The van der Waals surface area contributed by atoms with Crippen LogP contribution in [0.5, 0.6) is 0 Å². The zero-order chi connectivity index (χ0) is 18.4. The van der Waals surface area contributed by atoms with Gasteiger partial charge < -0.3 is 10.0 Å². The Morgan fingerprint density at radius 1 is 1.15 bits per heavy atom. The molecule has 1 saturated heterocycles. The summed E-state index contributed by atoms with van der Waals surface area (Å²) in [5.41, 5.74) is 5.02. The fourth-order valence-electron chi connectivity index (χ4n) is 3.73. The standard InChI is InChI=1S/C23H27NO2/c1-18-9-5-6-13-21(18)22(19-10-3-2-4-11-19)14-8-16-24-15-7-12-20(17-24)23(25)26/h2-6,9-11,13-14,20H,7-8,12,15-17H2,1H3,(H,25,26)/b22-14-/t20-/m1/s1. The summed E-state index contributed by atoms with van der Waals surface area (Å²) in [6.07, 6.45) is 5.01. The molecule has 1 aliphatic rings. The van der Waals surface area contributed by atoms with E-state index in [9.17, 15) is 9.90 Å². The average molecular weight is 349 g/mol. The van der Waals surface area contributed by atoms with Gasteiger partial charge in [0, 0.05) is 13.1 Å². The number of carbonyl (C=O) groups is 1. The van der Waals surface area contributed by atoms with E-state index in [1.165, 1.54) is 22.3 Å². The van der Waals surface area contributed by atoms with E-state index < -0.39 is 5.97 Å². The SMILES string of the molecule is Cc1ccccc1/C(=C\CCN1CCC[C@@H](C(=O)O)C1)c1ccccc1.